The Morgan fingerprint density at radius 2 is 2.30 bits per heavy atom. The van der Waals surface area contributed by atoms with E-state index in [0.29, 0.717) is 28.9 Å². The van der Waals surface area contributed by atoms with Gasteiger partial charge in [0, 0.05) is 17.5 Å². The van der Waals surface area contributed by atoms with E-state index < -0.39 is 0 Å². The van der Waals surface area contributed by atoms with Crippen LogP contribution in [-0.2, 0) is 6.61 Å². The topological polar surface area (TPSA) is 74.2 Å². The first-order valence-corrected chi connectivity index (χ1v) is 6.64. The molecule has 20 heavy (non-hydrogen) atoms. The molecule has 0 aliphatic heterocycles. The first-order chi connectivity index (χ1) is 9.63. The molecule has 1 saturated carbocycles. The molecule has 1 aromatic heterocycles. The number of rotatable bonds is 5. The molecule has 1 aromatic carbocycles. The maximum absolute atomic E-state index is 13.2. The van der Waals surface area contributed by atoms with E-state index in [1.807, 2.05) is 0 Å². The lowest BCUT2D eigenvalue weighted by atomic mass is 10.1. The molecule has 3 rings (SSSR count). The summed E-state index contributed by atoms with van der Waals surface area (Å²) in [6, 6.07) is 3.97. The summed E-state index contributed by atoms with van der Waals surface area (Å²) >= 11 is 0. The second-order valence-corrected chi connectivity index (χ2v) is 5.08. The summed E-state index contributed by atoms with van der Waals surface area (Å²) in [6.45, 7) is 1.96. The van der Waals surface area contributed by atoms with Crippen LogP contribution in [0.25, 0.3) is 0 Å². The Hall–Kier alpha value is -1.95. The van der Waals surface area contributed by atoms with Crippen LogP contribution in [0.2, 0.25) is 0 Å². The van der Waals surface area contributed by atoms with Gasteiger partial charge in [-0.05, 0) is 38.0 Å². The zero-order valence-corrected chi connectivity index (χ0v) is 11.2. The third-order valence-corrected chi connectivity index (χ3v) is 3.23. The fourth-order valence-electron chi connectivity index (χ4n) is 1.97. The Balaban J connectivity index is 1.70. The van der Waals surface area contributed by atoms with E-state index in [9.17, 15) is 4.39 Å². The third-order valence-electron chi connectivity index (χ3n) is 3.23. The minimum Gasteiger partial charge on any atom is -0.485 e. The maximum Gasteiger partial charge on any atom is 0.229 e. The largest absolute Gasteiger partial charge is 0.485 e. The quantitative estimate of drug-likeness (QED) is 0.909. The molecule has 0 spiro atoms. The number of nitrogens with two attached hydrogens (primary N) is 1. The second-order valence-electron chi connectivity index (χ2n) is 5.08. The van der Waals surface area contributed by atoms with Gasteiger partial charge in [-0.3, -0.25) is 0 Å². The molecule has 0 radical (unpaired) electrons. The molecule has 1 heterocycles. The number of ether oxygens (including phenoxy) is 1. The van der Waals surface area contributed by atoms with Crippen LogP contribution in [0.4, 0.5) is 4.39 Å². The summed E-state index contributed by atoms with van der Waals surface area (Å²) in [5.74, 6) is 1.79. The molecule has 1 aliphatic carbocycles. The smallest absolute Gasteiger partial charge is 0.229 e. The molecule has 1 aliphatic rings. The van der Waals surface area contributed by atoms with Gasteiger partial charge in [0.05, 0.1) is 0 Å². The lowest BCUT2D eigenvalue weighted by Gasteiger charge is -2.12. The van der Waals surface area contributed by atoms with E-state index in [1.54, 1.807) is 13.0 Å². The molecule has 2 N–H and O–H groups in total. The lowest BCUT2D eigenvalue weighted by Crippen LogP contribution is -2.09. The van der Waals surface area contributed by atoms with Crippen LogP contribution >= 0.6 is 0 Å². The molecule has 0 saturated heterocycles. The molecule has 0 amide bonds. The number of nitrogens with zero attached hydrogens (tertiary/aromatic N) is 2. The highest BCUT2D eigenvalue weighted by molar-refractivity contribution is 5.36. The third kappa shape index (κ3) is 2.80. The Morgan fingerprint density at radius 3 is 3.00 bits per heavy atom. The molecule has 5 nitrogen and oxygen atoms in total. The van der Waals surface area contributed by atoms with Gasteiger partial charge in [-0.2, -0.15) is 4.98 Å². The predicted octanol–water partition coefficient (Wildman–Crippen LogP) is 2.68. The summed E-state index contributed by atoms with van der Waals surface area (Å²) in [5.41, 5.74) is 6.43. The van der Waals surface area contributed by atoms with Gasteiger partial charge in [0.25, 0.3) is 0 Å². The van der Waals surface area contributed by atoms with Crippen molar-refractivity contribution in [1.29, 1.82) is 0 Å². The molecular formula is C14H16FN3O2. The van der Waals surface area contributed by atoms with Crippen LogP contribution in [-0.4, -0.2) is 10.1 Å². The van der Waals surface area contributed by atoms with E-state index in [-0.39, 0.29) is 18.5 Å². The van der Waals surface area contributed by atoms with E-state index in [2.05, 4.69) is 10.1 Å². The normalized spacial score (nSPS) is 16.1. The second kappa shape index (κ2) is 5.20. The van der Waals surface area contributed by atoms with Crippen LogP contribution < -0.4 is 10.5 Å². The summed E-state index contributed by atoms with van der Waals surface area (Å²) in [4.78, 5) is 4.27. The average Bonchev–Trinajstić information content (AvgIpc) is 3.17. The van der Waals surface area contributed by atoms with Gasteiger partial charge in [-0.15, -0.1) is 0 Å². The van der Waals surface area contributed by atoms with Crippen molar-refractivity contribution in [3.8, 4) is 5.75 Å². The van der Waals surface area contributed by atoms with Gasteiger partial charge in [-0.25, -0.2) is 4.39 Å². The van der Waals surface area contributed by atoms with Crippen LogP contribution in [0.3, 0.4) is 0 Å². The highest BCUT2D eigenvalue weighted by atomic mass is 19.1. The van der Waals surface area contributed by atoms with Crippen molar-refractivity contribution in [1.82, 2.24) is 10.1 Å². The SMILES string of the molecule is C[C@@H](N)c1cc(F)ccc1OCc1noc(C2CC2)n1. The van der Waals surface area contributed by atoms with E-state index in [1.165, 1.54) is 12.1 Å². The molecule has 106 valence electrons. The highest BCUT2D eigenvalue weighted by Gasteiger charge is 2.29. The average molecular weight is 277 g/mol. The summed E-state index contributed by atoms with van der Waals surface area (Å²) in [7, 11) is 0. The van der Waals surface area contributed by atoms with Crippen LogP contribution in [0, 0.1) is 5.82 Å². The Kier molecular flexibility index (Phi) is 3.40. The van der Waals surface area contributed by atoms with Crippen LogP contribution in [0.5, 0.6) is 5.75 Å². The van der Waals surface area contributed by atoms with Crippen molar-refractivity contribution in [2.24, 2.45) is 5.73 Å². The van der Waals surface area contributed by atoms with Crippen molar-refractivity contribution in [3.05, 3.63) is 41.3 Å². The number of hydrogen-bond acceptors (Lipinski definition) is 5. The Morgan fingerprint density at radius 1 is 1.50 bits per heavy atom. The van der Waals surface area contributed by atoms with Crippen LogP contribution in [0.15, 0.2) is 22.7 Å². The first kappa shape index (κ1) is 13.1. The van der Waals surface area contributed by atoms with Gasteiger partial charge in [0.15, 0.2) is 6.61 Å². The molecular weight excluding hydrogens is 261 g/mol. The number of aromatic nitrogens is 2. The van der Waals surface area contributed by atoms with Crippen LogP contribution in [0.1, 0.15) is 49.0 Å². The summed E-state index contributed by atoms with van der Waals surface area (Å²) in [6.07, 6.45) is 2.21. The predicted molar refractivity (Wildman–Crippen MR) is 69.6 cm³/mol. The molecule has 0 bridgehead atoms. The minimum absolute atomic E-state index is 0.182. The highest BCUT2D eigenvalue weighted by Crippen LogP contribution is 2.38. The molecule has 1 fully saturated rings. The van der Waals surface area contributed by atoms with Gasteiger partial charge < -0.3 is 15.0 Å². The Labute approximate surface area is 115 Å². The van der Waals surface area contributed by atoms with Gasteiger partial charge in [-0.1, -0.05) is 5.16 Å². The molecule has 0 unspecified atom stereocenters. The fourth-order valence-corrected chi connectivity index (χ4v) is 1.97. The van der Waals surface area contributed by atoms with E-state index in [0.717, 1.165) is 12.8 Å². The van der Waals surface area contributed by atoms with E-state index >= 15 is 0 Å². The fraction of sp³-hybridized carbons (Fsp3) is 0.429. The van der Waals surface area contributed by atoms with Crippen molar-refractivity contribution in [3.63, 3.8) is 0 Å². The zero-order valence-electron chi connectivity index (χ0n) is 11.2. The van der Waals surface area contributed by atoms with Crippen molar-refractivity contribution >= 4 is 0 Å². The Bertz CT molecular complexity index is 608. The molecule has 1 atom stereocenters. The van der Waals surface area contributed by atoms with Crippen molar-refractivity contribution < 1.29 is 13.7 Å². The summed E-state index contributed by atoms with van der Waals surface area (Å²) < 4.78 is 24.0. The van der Waals surface area contributed by atoms with Crippen molar-refractivity contribution in [2.75, 3.05) is 0 Å². The van der Waals surface area contributed by atoms with Gasteiger partial charge in [0.1, 0.15) is 11.6 Å². The van der Waals surface area contributed by atoms with Crippen molar-refractivity contribution in [2.45, 2.75) is 38.3 Å². The first-order valence-electron chi connectivity index (χ1n) is 6.64. The van der Waals surface area contributed by atoms with E-state index in [4.69, 9.17) is 15.0 Å². The maximum atomic E-state index is 13.2. The molecule has 6 heteroatoms. The number of halogens is 1. The van der Waals surface area contributed by atoms with Gasteiger partial charge in [0.2, 0.25) is 11.7 Å². The number of benzene rings is 1. The minimum atomic E-state index is -0.333. The standard InChI is InChI=1S/C14H16FN3O2/c1-8(16)11-6-10(15)4-5-12(11)19-7-13-17-14(20-18-13)9-2-3-9/h4-6,8-9H,2-3,7,16H2,1H3/t8-/m1/s1. The monoisotopic (exact) mass is 277 g/mol. The zero-order chi connectivity index (χ0) is 14.1. The van der Waals surface area contributed by atoms with Gasteiger partial charge >= 0.3 is 0 Å². The lowest BCUT2D eigenvalue weighted by molar-refractivity contribution is 0.281. The molecule has 2 aromatic rings. The summed E-state index contributed by atoms with van der Waals surface area (Å²) in [5, 5.41) is 3.87. The number of hydrogen-bond donors (Lipinski definition) is 1.